The molecule has 0 atom stereocenters. The van der Waals surface area contributed by atoms with E-state index in [4.69, 9.17) is 17.3 Å². The van der Waals surface area contributed by atoms with Crippen molar-refractivity contribution in [3.05, 3.63) is 23.2 Å². The second-order valence-corrected chi connectivity index (χ2v) is 4.52. The van der Waals surface area contributed by atoms with Crippen LogP contribution in [-0.4, -0.2) is 13.1 Å². The molecular formula is C12H19ClN2. The number of rotatable bonds is 4. The highest BCUT2D eigenvalue weighted by atomic mass is 35.5. The molecule has 0 aliphatic rings. The summed E-state index contributed by atoms with van der Waals surface area (Å²) in [6.07, 6.45) is 0. The summed E-state index contributed by atoms with van der Waals surface area (Å²) in [4.78, 5) is 2.22. The first-order valence-electron chi connectivity index (χ1n) is 5.35. The standard InChI is InChI=1S/C12H19ClN2/c1-4-15(8-9(2)3)12-10(13)6-5-7-11(12)14/h5-7,9H,4,8,14H2,1-3H3. The maximum Gasteiger partial charge on any atom is 0.0789 e. The van der Waals surface area contributed by atoms with E-state index in [0.717, 1.165) is 29.5 Å². The van der Waals surface area contributed by atoms with Crippen LogP contribution < -0.4 is 10.6 Å². The van der Waals surface area contributed by atoms with Gasteiger partial charge in [-0.05, 0) is 25.0 Å². The van der Waals surface area contributed by atoms with Gasteiger partial charge in [0.1, 0.15) is 0 Å². The minimum Gasteiger partial charge on any atom is -0.397 e. The van der Waals surface area contributed by atoms with Crippen molar-refractivity contribution in [2.24, 2.45) is 5.92 Å². The zero-order chi connectivity index (χ0) is 11.4. The Morgan fingerprint density at radius 2 is 2.07 bits per heavy atom. The molecule has 15 heavy (non-hydrogen) atoms. The summed E-state index contributed by atoms with van der Waals surface area (Å²) < 4.78 is 0. The number of nitrogens with zero attached hydrogens (tertiary/aromatic N) is 1. The maximum absolute atomic E-state index is 6.16. The Balaban J connectivity index is 3.00. The highest BCUT2D eigenvalue weighted by molar-refractivity contribution is 6.34. The van der Waals surface area contributed by atoms with Gasteiger partial charge in [-0.25, -0.2) is 0 Å². The Bertz CT molecular complexity index is 303. The van der Waals surface area contributed by atoms with Gasteiger partial charge < -0.3 is 10.6 Å². The summed E-state index contributed by atoms with van der Waals surface area (Å²) in [6, 6.07) is 5.66. The molecule has 1 rings (SSSR count). The quantitative estimate of drug-likeness (QED) is 0.798. The van der Waals surface area contributed by atoms with Gasteiger partial charge >= 0.3 is 0 Å². The molecule has 0 radical (unpaired) electrons. The molecule has 0 heterocycles. The second kappa shape index (κ2) is 5.26. The first-order chi connectivity index (χ1) is 7.06. The third-order valence-electron chi connectivity index (χ3n) is 2.30. The highest BCUT2D eigenvalue weighted by Gasteiger charge is 2.12. The zero-order valence-electron chi connectivity index (χ0n) is 9.63. The first-order valence-corrected chi connectivity index (χ1v) is 5.73. The average Bonchev–Trinajstić information content (AvgIpc) is 2.15. The Morgan fingerprint density at radius 1 is 1.40 bits per heavy atom. The predicted molar refractivity (Wildman–Crippen MR) is 68.6 cm³/mol. The molecular weight excluding hydrogens is 208 g/mol. The van der Waals surface area contributed by atoms with Gasteiger partial charge in [0.05, 0.1) is 16.4 Å². The van der Waals surface area contributed by atoms with Crippen molar-refractivity contribution in [3.8, 4) is 0 Å². The van der Waals surface area contributed by atoms with Gasteiger partial charge in [0.15, 0.2) is 0 Å². The molecule has 0 saturated heterocycles. The fourth-order valence-electron chi connectivity index (χ4n) is 1.68. The molecule has 0 bridgehead atoms. The van der Waals surface area contributed by atoms with Crippen molar-refractivity contribution in [3.63, 3.8) is 0 Å². The number of anilines is 2. The molecule has 0 fully saturated rings. The fraction of sp³-hybridized carbons (Fsp3) is 0.500. The van der Waals surface area contributed by atoms with Crippen molar-refractivity contribution in [2.75, 3.05) is 23.7 Å². The van der Waals surface area contributed by atoms with Gasteiger partial charge in [0.25, 0.3) is 0 Å². The first kappa shape index (κ1) is 12.2. The third kappa shape index (κ3) is 3.03. The fourth-order valence-corrected chi connectivity index (χ4v) is 1.99. The van der Waals surface area contributed by atoms with Crippen LogP contribution in [0.1, 0.15) is 20.8 Å². The van der Waals surface area contributed by atoms with Crippen LogP contribution in [0, 0.1) is 5.92 Å². The second-order valence-electron chi connectivity index (χ2n) is 4.11. The van der Waals surface area contributed by atoms with Crippen LogP contribution in [0.25, 0.3) is 0 Å². The molecule has 0 aliphatic heterocycles. The normalized spacial score (nSPS) is 10.7. The van der Waals surface area contributed by atoms with Gasteiger partial charge in [-0.3, -0.25) is 0 Å². The van der Waals surface area contributed by atoms with Crippen LogP contribution in [0.5, 0.6) is 0 Å². The largest absolute Gasteiger partial charge is 0.397 e. The molecule has 0 amide bonds. The van der Waals surface area contributed by atoms with E-state index < -0.39 is 0 Å². The van der Waals surface area contributed by atoms with Gasteiger partial charge in [-0.1, -0.05) is 31.5 Å². The van der Waals surface area contributed by atoms with Crippen LogP contribution in [-0.2, 0) is 0 Å². The molecule has 2 nitrogen and oxygen atoms in total. The van der Waals surface area contributed by atoms with Gasteiger partial charge in [-0.2, -0.15) is 0 Å². The number of para-hydroxylation sites is 1. The molecule has 2 N–H and O–H groups in total. The van der Waals surface area contributed by atoms with Gasteiger partial charge in [0, 0.05) is 13.1 Å². The highest BCUT2D eigenvalue weighted by Crippen LogP contribution is 2.32. The monoisotopic (exact) mass is 226 g/mol. The van der Waals surface area contributed by atoms with E-state index in [2.05, 4.69) is 25.7 Å². The maximum atomic E-state index is 6.16. The summed E-state index contributed by atoms with van der Waals surface area (Å²) in [6.45, 7) is 8.40. The average molecular weight is 227 g/mol. The molecule has 84 valence electrons. The number of hydrogen-bond acceptors (Lipinski definition) is 2. The lowest BCUT2D eigenvalue weighted by Crippen LogP contribution is -2.28. The Kier molecular flexibility index (Phi) is 4.28. The summed E-state index contributed by atoms with van der Waals surface area (Å²) in [5.41, 5.74) is 7.67. The van der Waals surface area contributed by atoms with E-state index in [-0.39, 0.29) is 0 Å². The molecule has 0 unspecified atom stereocenters. The number of nitrogen functional groups attached to an aromatic ring is 1. The molecule has 1 aromatic carbocycles. The Hall–Kier alpha value is -0.890. The topological polar surface area (TPSA) is 29.3 Å². The lowest BCUT2D eigenvalue weighted by atomic mass is 10.1. The van der Waals surface area contributed by atoms with Crippen LogP contribution in [0.4, 0.5) is 11.4 Å². The van der Waals surface area contributed by atoms with Crippen LogP contribution in [0.3, 0.4) is 0 Å². The van der Waals surface area contributed by atoms with Crippen molar-refractivity contribution >= 4 is 23.0 Å². The smallest absolute Gasteiger partial charge is 0.0789 e. The van der Waals surface area contributed by atoms with E-state index in [1.165, 1.54) is 0 Å². The number of hydrogen-bond donors (Lipinski definition) is 1. The predicted octanol–water partition coefficient (Wildman–Crippen LogP) is 3.40. The number of halogens is 1. The Labute approximate surface area is 97.0 Å². The molecule has 0 saturated carbocycles. The molecule has 0 spiro atoms. The molecule has 3 heteroatoms. The lowest BCUT2D eigenvalue weighted by molar-refractivity contribution is 0.619. The van der Waals surface area contributed by atoms with Crippen LogP contribution in [0.15, 0.2) is 18.2 Å². The SMILES string of the molecule is CCN(CC(C)C)c1c(N)cccc1Cl. The molecule has 0 aliphatic carbocycles. The summed E-state index contributed by atoms with van der Waals surface area (Å²) >= 11 is 6.16. The minimum absolute atomic E-state index is 0.598. The number of benzene rings is 1. The van der Waals surface area contributed by atoms with E-state index in [9.17, 15) is 0 Å². The zero-order valence-corrected chi connectivity index (χ0v) is 10.4. The van der Waals surface area contributed by atoms with E-state index in [1.54, 1.807) is 0 Å². The summed E-state index contributed by atoms with van der Waals surface area (Å²) in [5.74, 6) is 0.598. The summed E-state index contributed by atoms with van der Waals surface area (Å²) in [7, 11) is 0. The third-order valence-corrected chi connectivity index (χ3v) is 2.61. The molecule has 1 aromatic rings. The van der Waals surface area contributed by atoms with Gasteiger partial charge in [-0.15, -0.1) is 0 Å². The lowest BCUT2D eigenvalue weighted by Gasteiger charge is -2.27. The molecule has 0 aromatic heterocycles. The van der Waals surface area contributed by atoms with E-state index in [1.807, 2.05) is 18.2 Å². The van der Waals surface area contributed by atoms with Crippen LogP contribution >= 0.6 is 11.6 Å². The van der Waals surface area contributed by atoms with Crippen molar-refractivity contribution in [2.45, 2.75) is 20.8 Å². The van der Waals surface area contributed by atoms with Gasteiger partial charge in [0.2, 0.25) is 0 Å². The van der Waals surface area contributed by atoms with E-state index >= 15 is 0 Å². The summed E-state index contributed by atoms with van der Waals surface area (Å²) in [5, 5.41) is 0.734. The number of nitrogens with two attached hydrogens (primary N) is 1. The van der Waals surface area contributed by atoms with Crippen LogP contribution in [0.2, 0.25) is 5.02 Å². The van der Waals surface area contributed by atoms with Crippen molar-refractivity contribution in [1.29, 1.82) is 0 Å². The van der Waals surface area contributed by atoms with E-state index in [0.29, 0.717) is 5.92 Å². The van der Waals surface area contributed by atoms with Crippen molar-refractivity contribution in [1.82, 2.24) is 0 Å². The Morgan fingerprint density at radius 3 is 2.53 bits per heavy atom. The van der Waals surface area contributed by atoms with Crippen molar-refractivity contribution < 1.29 is 0 Å². The minimum atomic E-state index is 0.598.